The normalized spacial score (nSPS) is 25.4. The summed E-state index contributed by atoms with van der Waals surface area (Å²) in [6, 6.07) is 2.10. The van der Waals surface area contributed by atoms with Crippen LogP contribution in [0.15, 0.2) is 16.8 Å². The van der Waals surface area contributed by atoms with E-state index in [1.807, 2.05) is 0 Å². The molecule has 3 unspecified atom stereocenters. The zero-order valence-corrected chi connectivity index (χ0v) is 12.5. The zero-order valence-electron chi connectivity index (χ0n) is 11.7. The van der Waals surface area contributed by atoms with Crippen LogP contribution < -0.4 is 5.32 Å². The number of ether oxygens (including phenoxy) is 1. The largest absolute Gasteiger partial charge is 0.389 e. The summed E-state index contributed by atoms with van der Waals surface area (Å²) in [6.07, 6.45) is 4.84. The molecular formula is C15H25NO2S. The van der Waals surface area contributed by atoms with E-state index in [1.165, 1.54) is 18.4 Å². The summed E-state index contributed by atoms with van der Waals surface area (Å²) in [5.74, 6) is 0.771. The molecule has 1 aliphatic carbocycles. The first-order chi connectivity index (χ1) is 9.24. The van der Waals surface area contributed by atoms with E-state index in [2.05, 4.69) is 29.1 Å². The van der Waals surface area contributed by atoms with E-state index in [1.54, 1.807) is 11.3 Å². The number of aliphatic hydroxyl groups is 1. The third-order valence-corrected chi connectivity index (χ3v) is 4.43. The second-order valence-corrected chi connectivity index (χ2v) is 6.42. The fourth-order valence-corrected chi connectivity index (χ4v) is 3.28. The third kappa shape index (κ3) is 5.61. The minimum atomic E-state index is -0.407. The van der Waals surface area contributed by atoms with Crippen molar-refractivity contribution in [3.8, 4) is 0 Å². The first-order valence-corrected chi connectivity index (χ1v) is 8.19. The van der Waals surface area contributed by atoms with Gasteiger partial charge in [0.1, 0.15) is 0 Å². The Balaban J connectivity index is 1.55. The molecule has 0 saturated heterocycles. The fraction of sp³-hybridized carbons (Fsp3) is 0.733. The molecule has 3 atom stereocenters. The van der Waals surface area contributed by atoms with Crippen LogP contribution in [0.4, 0.5) is 0 Å². The van der Waals surface area contributed by atoms with Crippen molar-refractivity contribution >= 4 is 11.3 Å². The minimum Gasteiger partial charge on any atom is -0.389 e. The summed E-state index contributed by atoms with van der Waals surface area (Å²) < 4.78 is 5.81. The summed E-state index contributed by atoms with van der Waals surface area (Å²) in [5.41, 5.74) is 1.28. The summed E-state index contributed by atoms with van der Waals surface area (Å²) in [4.78, 5) is 0. The van der Waals surface area contributed by atoms with Gasteiger partial charge in [0, 0.05) is 13.1 Å². The minimum absolute atomic E-state index is 0.357. The van der Waals surface area contributed by atoms with Gasteiger partial charge in [-0.3, -0.25) is 0 Å². The Kier molecular flexibility index (Phi) is 6.31. The average Bonchev–Trinajstić information content (AvgIpc) is 2.90. The van der Waals surface area contributed by atoms with Gasteiger partial charge in [-0.2, -0.15) is 11.3 Å². The molecular weight excluding hydrogens is 258 g/mol. The van der Waals surface area contributed by atoms with Crippen molar-refractivity contribution in [3.63, 3.8) is 0 Å². The van der Waals surface area contributed by atoms with Crippen LogP contribution in [-0.2, 0) is 11.3 Å². The van der Waals surface area contributed by atoms with Crippen molar-refractivity contribution in [2.24, 2.45) is 5.92 Å². The number of hydrogen-bond acceptors (Lipinski definition) is 4. The van der Waals surface area contributed by atoms with Crippen LogP contribution >= 0.6 is 11.3 Å². The predicted octanol–water partition coefficient (Wildman–Crippen LogP) is 2.79. The van der Waals surface area contributed by atoms with E-state index < -0.39 is 6.10 Å². The highest BCUT2D eigenvalue weighted by Gasteiger charge is 2.20. The molecule has 1 saturated carbocycles. The van der Waals surface area contributed by atoms with Gasteiger partial charge in [0.05, 0.1) is 18.8 Å². The molecule has 0 radical (unpaired) electrons. The average molecular weight is 283 g/mol. The number of thiophene rings is 1. The molecule has 0 spiro atoms. The van der Waals surface area contributed by atoms with E-state index in [9.17, 15) is 5.11 Å². The van der Waals surface area contributed by atoms with Gasteiger partial charge < -0.3 is 15.2 Å². The summed E-state index contributed by atoms with van der Waals surface area (Å²) in [6.45, 7) is 4.15. The van der Waals surface area contributed by atoms with Gasteiger partial charge in [0.25, 0.3) is 0 Å². The molecule has 1 fully saturated rings. The Bertz CT molecular complexity index is 342. The molecule has 2 rings (SSSR count). The SMILES string of the molecule is CC1CCCC(OCC(O)CNCc2ccsc2)C1. The molecule has 1 aromatic heterocycles. The van der Waals surface area contributed by atoms with Gasteiger partial charge in [-0.15, -0.1) is 0 Å². The van der Waals surface area contributed by atoms with Crippen molar-refractivity contribution in [3.05, 3.63) is 22.4 Å². The molecule has 0 aliphatic heterocycles. The maximum Gasteiger partial charge on any atom is 0.0897 e. The molecule has 108 valence electrons. The highest BCUT2D eigenvalue weighted by atomic mass is 32.1. The highest BCUT2D eigenvalue weighted by molar-refractivity contribution is 7.07. The second kappa shape index (κ2) is 8.00. The predicted molar refractivity (Wildman–Crippen MR) is 79.4 cm³/mol. The lowest BCUT2D eigenvalue weighted by Gasteiger charge is -2.27. The van der Waals surface area contributed by atoms with E-state index in [0.717, 1.165) is 25.3 Å². The highest BCUT2D eigenvalue weighted by Crippen LogP contribution is 2.25. The van der Waals surface area contributed by atoms with Gasteiger partial charge in [-0.05, 0) is 41.1 Å². The summed E-state index contributed by atoms with van der Waals surface area (Å²) >= 11 is 1.70. The van der Waals surface area contributed by atoms with Crippen molar-refractivity contribution in [2.75, 3.05) is 13.2 Å². The van der Waals surface area contributed by atoms with Crippen LogP contribution in [0.2, 0.25) is 0 Å². The Labute approximate surface area is 120 Å². The van der Waals surface area contributed by atoms with Crippen LogP contribution in [0.5, 0.6) is 0 Å². The first-order valence-electron chi connectivity index (χ1n) is 7.25. The number of hydrogen-bond donors (Lipinski definition) is 2. The van der Waals surface area contributed by atoms with Gasteiger partial charge in [-0.1, -0.05) is 19.8 Å². The fourth-order valence-electron chi connectivity index (χ4n) is 2.61. The van der Waals surface area contributed by atoms with E-state index in [4.69, 9.17) is 4.74 Å². The Morgan fingerprint density at radius 3 is 3.16 bits per heavy atom. The zero-order chi connectivity index (χ0) is 13.5. The number of rotatable bonds is 7. The molecule has 1 aromatic rings. The molecule has 1 heterocycles. The van der Waals surface area contributed by atoms with E-state index >= 15 is 0 Å². The molecule has 2 N–H and O–H groups in total. The van der Waals surface area contributed by atoms with Gasteiger partial charge in [0.2, 0.25) is 0 Å². The van der Waals surface area contributed by atoms with Crippen LogP contribution in [0, 0.1) is 5.92 Å². The van der Waals surface area contributed by atoms with Crippen molar-refractivity contribution in [1.29, 1.82) is 0 Å². The Morgan fingerprint density at radius 2 is 2.42 bits per heavy atom. The topological polar surface area (TPSA) is 41.5 Å². The standard InChI is InChI=1S/C15H25NO2S/c1-12-3-2-4-15(7-12)18-10-14(17)9-16-8-13-5-6-19-11-13/h5-6,11-12,14-17H,2-4,7-10H2,1H3. The lowest BCUT2D eigenvalue weighted by Crippen LogP contribution is -2.32. The second-order valence-electron chi connectivity index (χ2n) is 5.64. The molecule has 0 amide bonds. The number of aliphatic hydroxyl groups excluding tert-OH is 1. The molecule has 19 heavy (non-hydrogen) atoms. The Hall–Kier alpha value is -0.420. The summed E-state index contributed by atoms with van der Waals surface area (Å²) in [7, 11) is 0. The smallest absolute Gasteiger partial charge is 0.0897 e. The molecule has 1 aliphatic rings. The molecule has 0 aromatic carbocycles. The van der Waals surface area contributed by atoms with Crippen LogP contribution in [0.25, 0.3) is 0 Å². The molecule has 0 bridgehead atoms. The maximum atomic E-state index is 9.89. The van der Waals surface area contributed by atoms with Crippen LogP contribution in [0.3, 0.4) is 0 Å². The van der Waals surface area contributed by atoms with E-state index in [0.29, 0.717) is 19.3 Å². The quantitative estimate of drug-likeness (QED) is 0.808. The lowest BCUT2D eigenvalue weighted by atomic mass is 9.89. The lowest BCUT2D eigenvalue weighted by molar-refractivity contribution is -0.0306. The van der Waals surface area contributed by atoms with Gasteiger partial charge in [0.15, 0.2) is 0 Å². The van der Waals surface area contributed by atoms with E-state index in [-0.39, 0.29) is 0 Å². The van der Waals surface area contributed by atoms with Crippen LogP contribution in [0.1, 0.15) is 38.2 Å². The third-order valence-electron chi connectivity index (χ3n) is 3.70. The van der Waals surface area contributed by atoms with Crippen molar-refractivity contribution in [1.82, 2.24) is 5.32 Å². The first kappa shape index (κ1) is 15.0. The van der Waals surface area contributed by atoms with Crippen LogP contribution in [-0.4, -0.2) is 30.5 Å². The van der Waals surface area contributed by atoms with Gasteiger partial charge >= 0.3 is 0 Å². The van der Waals surface area contributed by atoms with Crippen molar-refractivity contribution < 1.29 is 9.84 Å². The maximum absolute atomic E-state index is 9.89. The monoisotopic (exact) mass is 283 g/mol. The number of nitrogens with one attached hydrogen (secondary N) is 1. The van der Waals surface area contributed by atoms with Crippen molar-refractivity contribution in [2.45, 2.75) is 51.4 Å². The summed E-state index contributed by atoms with van der Waals surface area (Å²) in [5, 5.41) is 17.3. The Morgan fingerprint density at radius 1 is 1.53 bits per heavy atom. The molecule has 3 nitrogen and oxygen atoms in total. The van der Waals surface area contributed by atoms with Gasteiger partial charge in [-0.25, -0.2) is 0 Å². The molecule has 4 heteroatoms.